The molecule has 4 rings (SSSR count). The minimum Gasteiger partial charge on any atom is -0.461 e. The van der Waals surface area contributed by atoms with E-state index in [4.69, 9.17) is 9.15 Å². The highest BCUT2D eigenvalue weighted by Gasteiger charge is 2.40. The number of carbonyl (C=O) groups excluding carboxylic acids is 1. The van der Waals surface area contributed by atoms with Gasteiger partial charge in [0, 0.05) is 23.4 Å². The van der Waals surface area contributed by atoms with E-state index in [0.29, 0.717) is 17.9 Å². The lowest BCUT2D eigenvalue weighted by atomic mass is 9.86. The molecule has 2 fully saturated rings. The molecule has 1 aromatic heterocycles. The second-order valence-corrected chi connectivity index (χ2v) is 7.57. The molecule has 2 aromatic rings. The summed E-state index contributed by atoms with van der Waals surface area (Å²) in [5, 5.41) is 0.838. The number of benzene rings is 1. The highest BCUT2D eigenvalue weighted by molar-refractivity contribution is 5.81. The predicted octanol–water partition coefficient (Wildman–Crippen LogP) is 4.22. The fourth-order valence-electron chi connectivity index (χ4n) is 4.67. The van der Waals surface area contributed by atoms with Gasteiger partial charge in [0.2, 0.25) is 0 Å². The van der Waals surface area contributed by atoms with Crippen LogP contribution in [0.2, 0.25) is 0 Å². The topological polar surface area (TPSA) is 56.5 Å². The molecule has 0 amide bonds. The molecule has 4 heteroatoms. The Hall–Kier alpha value is -2.10. The molecule has 2 saturated carbocycles. The summed E-state index contributed by atoms with van der Waals surface area (Å²) in [6.07, 6.45) is 6.47. The SMILES string of the molecule is CCc1ccc2c(COC(=O)C[C@H]3C[C@H]4CC[C@@H]3C4)cc(=O)oc2c1. The van der Waals surface area contributed by atoms with Crippen molar-refractivity contribution >= 4 is 16.9 Å². The maximum Gasteiger partial charge on any atom is 0.336 e. The summed E-state index contributed by atoms with van der Waals surface area (Å²) < 4.78 is 10.8. The Kier molecular flexibility index (Phi) is 4.36. The van der Waals surface area contributed by atoms with Crippen molar-refractivity contribution in [2.75, 3.05) is 0 Å². The molecule has 0 N–H and O–H groups in total. The third-order valence-corrected chi connectivity index (χ3v) is 6.00. The van der Waals surface area contributed by atoms with Crippen molar-refractivity contribution < 1.29 is 13.9 Å². The van der Waals surface area contributed by atoms with Crippen LogP contribution in [0, 0.1) is 17.8 Å². The van der Waals surface area contributed by atoms with E-state index in [1.54, 1.807) is 0 Å². The van der Waals surface area contributed by atoms with Gasteiger partial charge in [0.05, 0.1) is 0 Å². The molecule has 0 saturated heterocycles. The fraction of sp³-hybridized carbons (Fsp3) is 0.524. The van der Waals surface area contributed by atoms with Crippen molar-refractivity contribution in [1.82, 2.24) is 0 Å². The number of carbonyl (C=O) groups is 1. The Morgan fingerprint density at radius 1 is 1.24 bits per heavy atom. The average Bonchev–Trinajstić information content (AvgIpc) is 3.21. The van der Waals surface area contributed by atoms with E-state index in [1.807, 2.05) is 18.2 Å². The molecular weight excluding hydrogens is 316 g/mol. The summed E-state index contributed by atoms with van der Waals surface area (Å²) in [7, 11) is 0. The lowest BCUT2D eigenvalue weighted by molar-refractivity contribution is -0.146. The van der Waals surface area contributed by atoms with Gasteiger partial charge < -0.3 is 9.15 Å². The molecule has 0 radical (unpaired) electrons. The summed E-state index contributed by atoms with van der Waals surface area (Å²) in [6.45, 7) is 2.19. The molecule has 1 heterocycles. The van der Waals surface area contributed by atoms with Crippen LogP contribution in [0.15, 0.2) is 33.5 Å². The zero-order valence-electron chi connectivity index (χ0n) is 14.6. The summed E-state index contributed by atoms with van der Waals surface area (Å²) in [5.74, 6) is 1.90. The highest BCUT2D eigenvalue weighted by atomic mass is 16.5. The first-order chi connectivity index (χ1) is 12.1. The van der Waals surface area contributed by atoms with Gasteiger partial charge in [-0.2, -0.15) is 0 Å². The molecule has 2 bridgehead atoms. The third kappa shape index (κ3) is 3.35. The van der Waals surface area contributed by atoms with Crippen LogP contribution in [0.5, 0.6) is 0 Å². The molecule has 132 valence electrons. The summed E-state index contributed by atoms with van der Waals surface area (Å²) in [4.78, 5) is 24.1. The molecule has 1 aromatic carbocycles. The summed E-state index contributed by atoms with van der Waals surface area (Å²) in [6, 6.07) is 7.27. The van der Waals surface area contributed by atoms with Crippen molar-refractivity contribution in [1.29, 1.82) is 0 Å². The third-order valence-electron chi connectivity index (χ3n) is 6.00. The van der Waals surface area contributed by atoms with Gasteiger partial charge in [-0.1, -0.05) is 25.5 Å². The van der Waals surface area contributed by atoms with E-state index >= 15 is 0 Å². The van der Waals surface area contributed by atoms with Crippen molar-refractivity contribution in [3.05, 3.63) is 45.8 Å². The lowest BCUT2D eigenvalue weighted by Crippen LogP contribution is -2.17. The number of rotatable bonds is 5. The maximum atomic E-state index is 12.2. The predicted molar refractivity (Wildman–Crippen MR) is 95.2 cm³/mol. The second-order valence-electron chi connectivity index (χ2n) is 7.57. The van der Waals surface area contributed by atoms with Crippen molar-refractivity contribution in [2.45, 2.75) is 52.1 Å². The number of esters is 1. The van der Waals surface area contributed by atoms with Gasteiger partial charge in [0.1, 0.15) is 12.2 Å². The van der Waals surface area contributed by atoms with E-state index in [1.165, 1.54) is 31.7 Å². The average molecular weight is 340 g/mol. The molecular formula is C21H24O4. The van der Waals surface area contributed by atoms with E-state index in [-0.39, 0.29) is 12.6 Å². The Bertz CT molecular complexity index is 851. The van der Waals surface area contributed by atoms with E-state index in [2.05, 4.69) is 6.92 Å². The van der Waals surface area contributed by atoms with Crippen molar-refractivity contribution in [3.63, 3.8) is 0 Å². The van der Waals surface area contributed by atoms with Gasteiger partial charge in [0.25, 0.3) is 0 Å². The molecule has 2 aliphatic carbocycles. The first-order valence-corrected chi connectivity index (χ1v) is 9.33. The lowest BCUT2D eigenvalue weighted by Gasteiger charge is -2.20. The molecule has 2 aliphatic rings. The zero-order valence-corrected chi connectivity index (χ0v) is 14.6. The van der Waals surface area contributed by atoms with Gasteiger partial charge in [-0.15, -0.1) is 0 Å². The second kappa shape index (κ2) is 6.66. The van der Waals surface area contributed by atoms with Crippen LogP contribution < -0.4 is 5.63 Å². The van der Waals surface area contributed by atoms with E-state index < -0.39 is 5.63 Å². The van der Waals surface area contributed by atoms with Crippen molar-refractivity contribution in [3.8, 4) is 0 Å². The smallest absolute Gasteiger partial charge is 0.336 e. The highest BCUT2D eigenvalue weighted by Crippen LogP contribution is 2.49. The normalized spacial score (nSPS) is 24.8. The quantitative estimate of drug-likeness (QED) is 0.604. The van der Waals surface area contributed by atoms with Crippen LogP contribution in [-0.2, 0) is 22.6 Å². The van der Waals surface area contributed by atoms with Gasteiger partial charge in [0.15, 0.2) is 0 Å². The molecule has 3 atom stereocenters. The van der Waals surface area contributed by atoms with Crippen molar-refractivity contribution in [2.24, 2.45) is 17.8 Å². The minimum absolute atomic E-state index is 0.132. The number of ether oxygens (including phenoxy) is 1. The van der Waals surface area contributed by atoms with Gasteiger partial charge in [-0.05, 0) is 55.1 Å². The fourth-order valence-corrected chi connectivity index (χ4v) is 4.67. The van der Waals surface area contributed by atoms with Gasteiger partial charge in [-0.25, -0.2) is 4.79 Å². The molecule has 4 nitrogen and oxygen atoms in total. The van der Waals surface area contributed by atoms with Crippen LogP contribution >= 0.6 is 0 Å². The van der Waals surface area contributed by atoms with E-state index in [0.717, 1.165) is 34.8 Å². The standard InChI is InChI=1S/C21H24O4/c1-2-13-4-6-18-17(11-21(23)25-19(18)9-13)12-24-20(22)10-16-8-14-3-5-15(16)7-14/h4,6,9,11,14-16H,2-3,5,7-8,10,12H2,1H3/t14-,15+,16+/m0/s1. The summed E-state index contributed by atoms with van der Waals surface area (Å²) >= 11 is 0. The molecule has 0 spiro atoms. The van der Waals surface area contributed by atoms with Gasteiger partial charge in [-0.3, -0.25) is 4.79 Å². The van der Waals surface area contributed by atoms with Crippen LogP contribution in [0.1, 0.15) is 50.2 Å². The zero-order chi connectivity index (χ0) is 17.4. The first kappa shape index (κ1) is 16.4. The molecule has 25 heavy (non-hydrogen) atoms. The van der Waals surface area contributed by atoms with Gasteiger partial charge >= 0.3 is 11.6 Å². The Morgan fingerprint density at radius 2 is 2.12 bits per heavy atom. The number of hydrogen-bond donors (Lipinski definition) is 0. The molecule has 0 aliphatic heterocycles. The largest absolute Gasteiger partial charge is 0.461 e. The van der Waals surface area contributed by atoms with Crippen LogP contribution in [-0.4, -0.2) is 5.97 Å². The maximum absolute atomic E-state index is 12.2. The minimum atomic E-state index is -0.403. The van der Waals surface area contributed by atoms with E-state index in [9.17, 15) is 9.59 Å². The number of aryl methyl sites for hydroxylation is 1. The Labute approximate surface area is 147 Å². The number of hydrogen-bond acceptors (Lipinski definition) is 4. The van der Waals surface area contributed by atoms with Crippen LogP contribution in [0.3, 0.4) is 0 Å². The monoisotopic (exact) mass is 340 g/mol. The first-order valence-electron chi connectivity index (χ1n) is 9.33. The molecule has 0 unspecified atom stereocenters. The Morgan fingerprint density at radius 3 is 2.84 bits per heavy atom. The van der Waals surface area contributed by atoms with Crippen LogP contribution in [0.4, 0.5) is 0 Å². The number of fused-ring (bicyclic) bond motifs is 3. The van der Waals surface area contributed by atoms with Crippen LogP contribution in [0.25, 0.3) is 11.0 Å². The summed E-state index contributed by atoms with van der Waals surface area (Å²) in [5.41, 5.74) is 1.99. The Balaban J connectivity index is 1.45.